The molecule has 2 aliphatic rings. The third-order valence-electron chi connectivity index (χ3n) is 4.07. The van der Waals surface area contributed by atoms with E-state index in [1.165, 1.54) is 34.1 Å². The molecule has 2 heterocycles. The van der Waals surface area contributed by atoms with Gasteiger partial charge in [0.15, 0.2) is 0 Å². The summed E-state index contributed by atoms with van der Waals surface area (Å²) in [5.41, 5.74) is 2.96. The first-order chi connectivity index (χ1) is 12.8. The molecule has 0 radical (unpaired) electrons. The summed E-state index contributed by atoms with van der Waals surface area (Å²) in [6.45, 7) is 0. The molecule has 0 nitrogen and oxygen atoms in total. The summed E-state index contributed by atoms with van der Waals surface area (Å²) in [4.78, 5) is 0. The molecule has 8 heteroatoms. The zero-order valence-electron chi connectivity index (χ0n) is 14.6. The topological polar surface area (TPSA) is 0 Å². The summed E-state index contributed by atoms with van der Waals surface area (Å²) in [5, 5.41) is 1.52. The van der Waals surface area contributed by atoms with Crippen LogP contribution in [0.15, 0.2) is 24.3 Å². The predicted molar refractivity (Wildman–Crippen MR) is 142 cm³/mol. The molecular formula is C18H26S8. The minimum absolute atomic E-state index is 0.758. The second kappa shape index (κ2) is 12.7. The highest BCUT2D eigenvalue weighted by atomic mass is 32.2. The van der Waals surface area contributed by atoms with E-state index in [1.54, 1.807) is 0 Å². The summed E-state index contributed by atoms with van der Waals surface area (Å²) < 4.78 is 1.52. The van der Waals surface area contributed by atoms with Crippen LogP contribution in [0.5, 0.6) is 0 Å². The number of hydrogen-bond donors (Lipinski definition) is 2. The molecule has 0 aromatic heterocycles. The number of rotatable bonds is 10. The van der Waals surface area contributed by atoms with Crippen molar-refractivity contribution in [3.8, 4) is 0 Å². The van der Waals surface area contributed by atoms with Crippen molar-refractivity contribution >= 4 is 95.8 Å². The minimum Gasteiger partial charge on any atom is -0.178 e. The van der Waals surface area contributed by atoms with Gasteiger partial charge in [0, 0.05) is 56.5 Å². The van der Waals surface area contributed by atoms with Gasteiger partial charge in [0.05, 0.1) is 9.16 Å². The molecule has 4 unspecified atom stereocenters. The Morgan fingerprint density at radius 1 is 0.846 bits per heavy atom. The molecule has 0 aliphatic carbocycles. The molecule has 1 aromatic rings. The lowest BCUT2D eigenvalue weighted by molar-refractivity contribution is 1.17. The van der Waals surface area contributed by atoms with Crippen molar-refractivity contribution in [1.82, 2.24) is 0 Å². The average Bonchev–Trinajstić information content (AvgIpc) is 3.31. The van der Waals surface area contributed by atoms with Crippen LogP contribution in [0.2, 0.25) is 0 Å². The van der Waals surface area contributed by atoms with E-state index < -0.39 is 0 Å². The van der Waals surface area contributed by atoms with Crippen molar-refractivity contribution in [2.24, 2.45) is 0 Å². The zero-order chi connectivity index (χ0) is 18.2. The Bertz CT molecular complexity index is 496. The smallest absolute Gasteiger partial charge is 0.0596 e. The maximum absolute atomic E-state index is 4.43. The van der Waals surface area contributed by atoms with E-state index in [9.17, 15) is 0 Å². The molecule has 3 rings (SSSR count). The van der Waals surface area contributed by atoms with Crippen molar-refractivity contribution < 1.29 is 0 Å². The number of hydrogen-bond acceptors (Lipinski definition) is 8. The highest BCUT2D eigenvalue weighted by Gasteiger charge is 2.25. The lowest BCUT2D eigenvalue weighted by Crippen LogP contribution is -2.03. The minimum atomic E-state index is 0.758. The lowest BCUT2D eigenvalue weighted by Gasteiger charge is -2.10. The van der Waals surface area contributed by atoms with Crippen LogP contribution in [-0.2, 0) is 11.5 Å². The fourth-order valence-corrected chi connectivity index (χ4v) is 13.1. The lowest BCUT2D eigenvalue weighted by atomic mass is 10.2. The van der Waals surface area contributed by atoms with Gasteiger partial charge in [-0.1, -0.05) is 24.3 Å². The Hall–Kier alpha value is 2.02. The highest BCUT2D eigenvalue weighted by molar-refractivity contribution is 8.22. The van der Waals surface area contributed by atoms with Gasteiger partial charge in [-0.15, -0.1) is 47.0 Å². The second-order valence-electron chi connectivity index (χ2n) is 6.26. The Morgan fingerprint density at radius 3 is 1.77 bits per heavy atom. The summed E-state index contributed by atoms with van der Waals surface area (Å²) >= 11 is 21.5. The SMILES string of the molecule is SCC1CSC(CSCc2cccc(CSCC3SCC(CS)S3)c2)S1. The number of thiol groups is 2. The largest absolute Gasteiger partial charge is 0.178 e. The van der Waals surface area contributed by atoms with Gasteiger partial charge < -0.3 is 0 Å². The Labute approximate surface area is 195 Å². The number of benzene rings is 1. The molecular weight excluding hydrogens is 473 g/mol. The van der Waals surface area contributed by atoms with Crippen LogP contribution in [0, 0.1) is 0 Å². The quantitative estimate of drug-likeness (QED) is 0.358. The van der Waals surface area contributed by atoms with Crippen LogP contribution in [-0.4, -0.2) is 54.2 Å². The van der Waals surface area contributed by atoms with E-state index in [1.807, 2.05) is 0 Å². The molecule has 0 amide bonds. The standard InChI is InChI=1S/C18H26S8/c19-5-15-9-23-17(25-15)11-21-7-13-2-1-3-14(4-13)8-22-12-18-24-10-16(6-20)26-18/h1-4,15-20H,5-12H2. The molecule has 0 N–H and O–H groups in total. The molecule has 2 fully saturated rings. The van der Waals surface area contributed by atoms with E-state index in [2.05, 4.69) is 120 Å². The Morgan fingerprint density at radius 2 is 1.35 bits per heavy atom. The molecule has 0 spiro atoms. The molecule has 0 saturated carbocycles. The van der Waals surface area contributed by atoms with Crippen LogP contribution in [0.4, 0.5) is 0 Å². The predicted octanol–water partition coefficient (Wildman–Crippen LogP) is 6.36. The van der Waals surface area contributed by atoms with Crippen LogP contribution in [0.3, 0.4) is 0 Å². The van der Waals surface area contributed by atoms with Crippen LogP contribution >= 0.6 is 95.8 Å². The molecule has 26 heavy (non-hydrogen) atoms. The summed E-state index contributed by atoms with van der Waals surface area (Å²) in [6, 6.07) is 9.22. The van der Waals surface area contributed by atoms with Crippen molar-refractivity contribution in [2.45, 2.75) is 31.2 Å². The van der Waals surface area contributed by atoms with Gasteiger partial charge in [-0.2, -0.15) is 48.8 Å². The first-order valence-corrected chi connectivity index (χ1v) is 16.3. The second-order valence-corrected chi connectivity index (χ2v) is 15.1. The van der Waals surface area contributed by atoms with E-state index in [0.717, 1.165) is 42.7 Å². The van der Waals surface area contributed by atoms with Crippen molar-refractivity contribution in [2.75, 3.05) is 34.5 Å². The summed E-state index contributed by atoms with van der Waals surface area (Å²) in [7, 11) is 0. The van der Waals surface area contributed by atoms with Crippen LogP contribution in [0.25, 0.3) is 0 Å². The van der Waals surface area contributed by atoms with Crippen molar-refractivity contribution in [3.63, 3.8) is 0 Å². The first kappa shape index (κ1) is 22.7. The van der Waals surface area contributed by atoms with Gasteiger partial charge in [0.2, 0.25) is 0 Å². The van der Waals surface area contributed by atoms with Gasteiger partial charge in [0.1, 0.15) is 0 Å². The van der Waals surface area contributed by atoms with E-state index in [0.29, 0.717) is 0 Å². The fraction of sp³-hybridized carbons (Fsp3) is 0.667. The maximum atomic E-state index is 4.43. The molecule has 1 aromatic carbocycles. The normalized spacial score (nSPS) is 28.7. The zero-order valence-corrected chi connectivity index (χ0v) is 21.3. The number of thioether (sulfide) groups is 6. The van der Waals surface area contributed by atoms with E-state index in [4.69, 9.17) is 0 Å². The van der Waals surface area contributed by atoms with Crippen molar-refractivity contribution in [3.05, 3.63) is 35.4 Å². The molecule has 146 valence electrons. The van der Waals surface area contributed by atoms with Crippen molar-refractivity contribution in [1.29, 1.82) is 0 Å². The molecule has 0 bridgehead atoms. The van der Waals surface area contributed by atoms with Crippen LogP contribution in [0.1, 0.15) is 11.1 Å². The summed E-state index contributed by atoms with van der Waals surface area (Å²) in [6.07, 6.45) is 0. The molecule has 2 saturated heterocycles. The third-order valence-corrected chi connectivity index (χ3v) is 15.0. The van der Waals surface area contributed by atoms with E-state index in [-0.39, 0.29) is 0 Å². The highest BCUT2D eigenvalue weighted by Crippen LogP contribution is 2.41. The van der Waals surface area contributed by atoms with Gasteiger partial charge >= 0.3 is 0 Å². The van der Waals surface area contributed by atoms with Gasteiger partial charge in [-0.25, -0.2) is 0 Å². The molecule has 4 atom stereocenters. The fourth-order valence-electron chi connectivity index (χ4n) is 2.74. The molecule has 2 aliphatic heterocycles. The average molecular weight is 499 g/mol. The van der Waals surface area contributed by atoms with Crippen LogP contribution < -0.4 is 0 Å². The Kier molecular flexibility index (Phi) is 11.0. The van der Waals surface area contributed by atoms with E-state index >= 15 is 0 Å². The van der Waals surface area contributed by atoms with Gasteiger partial charge in [-0.05, 0) is 11.1 Å². The Balaban J connectivity index is 1.34. The third kappa shape index (κ3) is 7.69. The van der Waals surface area contributed by atoms with Gasteiger partial charge in [-0.3, -0.25) is 0 Å². The summed E-state index contributed by atoms with van der Waals surface area (Å²) in [5.74, 6) is 9.37. The van der Waals surface area contributed by atoms with Gasteiger partial charge in [0.25, 0.3) is 0 Å². The maximum Gasteiger partial charge on any atom is 0.0596 e. The monoisotopic (exact) mass is 498 g/mol. The first-order valence-electron chi connectivity index (χ1n) is 8.76.